The van der Waals surface area contributed by atoms with Gasteiger partial charge in [-0.1, -0.05) is 54.6 Å². The maximum absolute atomic E-state index is 6.23. The lowest BCUT2D eigenvalue weighted by Gasteiger charge is -2.45. The average Bonchev–Trinajstić information content (AvgIpc) is 3.21. The summed E-state index contributed by atoms with van der Waals surface area (Å²) >= 11 is 0. The van der Waals surface area contributed by atoms with Gasteiger partial charge in [-0.05, 0) is 72.1 Å². The van der Waals surface area contributed by atoms with Gasteiger partial charge in [0.25, 0.3) is 0 Å². The highest BCUT2D eigenvalue weighted by atomic mass is 16.5. The van der Waals surface area contributed by atoms with Crippen LogP contribution in [-0.4, -0.2) is 13.2 Å². The largest absolute Gasteiger partial charge is 0.490 e. The molecule has 1 atom stereocenters. The van der Waals surface area contributed by atoms with Gasteiger partial charge in [0.1, 0.15) is 0 Å². The quantitative estimate of drug-likeness (QED) is 0.233. The van der Waals surface area contributed by atoms with Crippen LogP contribution in [0.15, 0.2) is 109 Å². The summed E-state index contributed by atoms with van der Waals surface area (Å²) in [7, 11) is 0. The highest BCUT2D eigenvalue weighted by molar-refractivity contribution is 5.96. The predicted molar refractivity (Wildman–Crippen MR) is 157 cm³/mol. The van der Waals surface area contributed by atoms with Gasteiger partial charge >= 0.3 is 0 Å². The van der Waals surface area contributed by atoms with Gasteiger partial charge in [-0.25, -0.2) is 0 Å². The molecule has 0 spiro atoms. The Hall–Kier alpha value is -4.70. The molecule has 0 bridgehead atoms. The molecule has 8 rings (SSSR count). The Balaban J connectivity index is 1.48. The van der Waals surface area contributed by atoms with Crippen molar-refractivity contribution in [3.8, 4) is 11.5 Å². The lowest BCUT2D eigenvalue weighted by Crippen LogP contribution is -2.29. The number of nitrogens with zero attached hydrogens (tertiary/aromatic N) is 2. The van der Waals surface area contributed by atoms with Crippen molar-refractivity contribution >= 4 is 34.1 Å². The molecule has 0 aliphatic carbocycles. The average molecular weight is 509 g/mol. The topological polar surface area (TPSA) is 24.9 Å². The Kier molecular flexibility index (Phi) is 4.96. The lowest BCUT2D eigenvalue weighted by atomic mass is 9.75. The molecule has 0 N–H and O–H groups in total. The molecule has 0 saturated carbocycles. The fourth-order valence-electron chi connectivity index (χ4n) is 6.45. The van der Waals surface area contributed by atoms with E-state index in [9.17, 15) is 0 Å². The number of anilines is 6. The van der Waals surface area contributed by atoms with E-state index in [2.05, 4.69) is 126 Å². The number of benzene rings is 5. The second kappa shape index (κ2) is 8.67. The van der Waals surface area contributed by atoms with Crippen molar-refractivity contribution in [3.63, 3.8) is 0 Å². The molecule has 3 heterocycles. The normalized spacial score (nSPS) is 16.6. The van der Waals surface area contributed by atoms with Crippen LogP contribution in [0.2, 0.25) is 0 Å². The fourth-order valence-corrected chi connectivity index (χ4v) is 6.45. The first-order valence-electron chi connectivity index (χ1n) is 13.7. The third kappa shape index (κ3) is 3.38. The Labute approximate surface area is 228 Å². The van der Waals surface area contributed by atoms with Crippen molar-refractivity contribution in [2.45, 2.75) is 19.3 Å². The number of fused-ring (bicyclic) bond motifs is 5. The summed E-state index contributed by atoms with van der Waals surface area (Å²) in [5.41, 5.74) is 12.1. The molecule has 3 aliphatic heterocycles. The zero-order valence-electron chi connectivity index (χ0n) is 21.8. The summed E-state index contributed by atoms with van der Waals surface area (Å²) in [4.78, 5) is 4.83. The first-order valence-corrected chi connectivity index (χ1v) is 13.7. The van der Waals surface area contributed by atoms with E-state index < -0.39 is 0 Å². The summed E-state index contributed by atoms with van der Waals surface area (Å²) in [6.45, 7) is 3.52. The summed E-state index contributed by atoms with van der Waals surface area (Å²) in [5.74, 6) is 1.72. The number of ether oxygens (including phenoxy) is 2. The van der Waals surface area contributed by atoms with E-state index in [1.165, 1.54) is 39.3 Å². The van der Waals surface area contributed by atoms with Crippen LogP contribution in [0.25, 0.3) is 0 Å². The third-order valence-corrected chi connectivity index (χ3v) is 8.02. The molecular weight excluding hydrogens is 480 g/mol. The van der Waals surface area contributed by atoms with Crippen LogP contribution in [0.4, 0.5) is 34.1 Å². The van der Waals surface area contributed by atoms with Crippen LogP contribution in [0.1, 0.15) is 34.6 Å². The molecule has 39 heavy (non-hydrogen) atoms. The van der Waals surface area contributed by atoms with Gasteiger partial charge in [0.05, 0.1) is 36.0 Å². The molecule has 0 saturated heterocycles. The van der Waals surface area contributed by atoms with E-state index in [1.54, 1.807) is 0 Å². The van der Waals surface area contributed by atoms with Crippen LogP contribution >= 0.6 is 0 Å². The molecule has 5 aromatic rings. The smallest absolute Gasteiger partial charge is 0.163 e. The van der Waals surface area contributed by atoms with Crippen molar-refractivity contribution in [2.75, 3.05) is 23.0 Å². The van der Waals surface area contributed by atoms with Gasteiger partial charge < -0.3 is 19.3 Å². The van der Waals surface area contributed by atoms with Crippen molar-refractivity contribution < 1.29 is 9.47 Å². The number of hydrogen-bond donors (Lipinski definition) is 0. The maximum atomic E-state index is 6.23. The van der Waals surface area contributed by atoms with Crippen molar-refractivity contribution in [1.29, 1.82) is 0 Å². The molecule has 0 aromatic heterocycles. The van der Waals surface area contributed by atoms with Gasteiger partial charge in [0.15, 0.2) is 11.5 Å². The van der Waals surface area contributed by atoms with E-state index >= 15 is 0 Å². The van der Waals surface area contributed by atoms with Crippen LogP contribution in [0, 0.1) is 6.92 Å². The molecule has 4 heteroatoms. The molecule has 4 nitrogen and oxygen atoms in total. The van der Waals surface area contributed by atoms with E-state index in [-0.39, 0.29) is 5.92 Å². The molecule has 0 amide bonds. The zero-order chi connectivity index (χ0) is 25.9. The summed E-state index contributed by atoms with van der Waals surface area (Å²) < 4.78 is 12.4. The number of rotatable bonds is 2. The first kappa shape index (κ1) is 22.3. The highest BCUT2D eigenvalue weighted by Gasteiger charge is 2.41. The summed E-state index contributed by atoms with van der Waals surface area (Å²) in [6.07, 6.45) is 0.879. The van der Waals surface area contributed by atoms with Crippen molar-refractivity contribution in [1.82, 2.24) is 0 Å². The van der Waals surface area contributed by atoms with Gasteiger partial charge in [-0.15, -0.1) is 0 Å². The number of aryl methyl sites for hydroxylation is 1. The van der Waals surface area contributed by atoms with Crippen LogP contribution in [0.3, 0.4) is 0 Å². The third-order valence-electron chi connectivity index (χ3n) is 8.02. The monoisotopic (exact) mass is 508 g/mol. The van der Waals surface area contributed by atoms with Crippen LogP contribution in [0.5, 0.6) is 11.5 Å². The van der Waals surface area contributed by atoms with Crippen molar-refractivity contribution in [2.24, 2.45) is 0 Å². The van der Waals surface area contributed by atoms with Crippen molar-refractivity contribution in [3.05, 3.63) is 131 Å². The van der Waals surface area contributed by atoms with Crippen LogP contribution < -0.4 is 19.3 Å². The van der Waals surface area contributed by atoms with Gasteiger partial charge in [0, 0.05) is 35.3 Å². The second-order valence-electron chi connectivity index (χ2n) is 10.5. The molecular formula is C35H28N2O2. The summed E-state index contributed by atoms with van der Waals surface area (Å²) in [6, 6.07) is 39.3. The number of para-hydroxylation sites is 3. The minimum atomic E-state index is 0.0684. The standard InChI is InChI=1S/C35H28N2O2/c1-23-19-30-35-31(20-23)37(25-13-6-3-7-14-25)29-22-33-32(38-17-10-18-39-33)21-27(29)34(35)26-15-8-9-16-28(26)36(30)24-11-4-2-5-12-24/h2-9,11-16,19-22,34H,10,17-18H2,1H3. The molecule has 3 aliphatic rings. The first-order chi connectivity index (χ1) is 19.3. The second-order valence-corrected chi connectivity index (χ2v) is 10.5. The highest BCUT2D eigenvalue weighted by Crippen LogP contribution is 2.61. The summed E-state index contributed by atoms with van der Waals surface area (Å²) in [5, 5.41) is 0. The van der Waals surface area contributed by atoms with Gasteiger partial charge in [0.2, 0.25) is 0 Å². The number of hydrogen-bond acceptors (Lipinski definition) is 4. The van der Waals surface area contributed by atoms with Crippen LogP contribution in [-0.2, 0) is 0 Å². The molecule has 1 unspecified atom stereocenters. The zero-order valence-corrected chi connectivity index (χ0v) is 21.8. The lowest BCUT2D eigenvalue weighted by molar-refractivity contribution is 0.297. The van der Waals surface area contributed by atoms with E-state index in [0.29, 0.717) is 13.2 Å². The molecule has 0 fully saturated rings. The minimum absolute atomic E-state index is 0.0684. The Morgan fingerprint density at radius 3 is 1.79 bits per heavy atom. The molecule has 0 radical (unpaired) electrons. The Morgan fingerprint density at radius 2 is 1.13 bits per heavy atom. The van der Waals surface area contributed by atoms with Gasteiger partial charge in [-0.3, -0.25) is 0 Å². The molecule has 5 aromatic carbocycles. The SMILES string of the molecule is Cc1cc2c3c(c1)N(c1ccccc1)c1cc4c(cc1C3c1ccccc1N2c1ccccc1)OCCCO4. The minimum Gasteiger partial charge on any atom is -0.490 e. The predicted octanol–water partition coefficient (Wildman–Crippen LogP) is 8.90. The van der Waals surface area contributed by atoms with E-state index in [4.69, 9.17) is 9.47 Å². The fraction of sp³-hybridized carbons (Fsp3) is 0.143. The Bertz CT molecular complexity index is 1710. The Morgan fingerprint density at radius 1 is 0.564 bits per heavy atom. The van der Waals surface area contributed by atoms with Gasteiger partial charge in [-0.2, -0.15) is 0 Å². The van der Waals surface area contributed by atoms with E-state index in [1.807, 2.05) is 0 Å². The maximum Gasteiger partial charge on any atom is 0.163 e. The molecule has 190 valence electrons. The van der Waals surface area contributed by atoms with E-state index in [0.717, 1.165) is 35.0 Å².